The maximum atomic E-state index is 12.9. The summed E-state index contributed by atoms with van der Waals surface area (Å²) in [5, 5.41) is 3.19. The molecule has 0 aliphatic carbocycles. The summed E-state index contributed by atoms with van der Waals surface area (Å²) in [5.74, 6) is -0.955. The van der Waals surface area contributed by atoms with Crippen LogP contribution in [0.5, 0.6) is 0 Å². The summed E-state index contributed by atoms with van der Waals surface area (Å²) in [6, 6.07) is 17.3. The van der Waals surface area contributed by atoms with Crippen LogP contribution in [0.2, 0.25) is 0 Å². The molecule has 0 fully saturated rings. The van der Waals surface area contributed by atoms with Gasteiger partial charge in [-0.1, -0.05) is 42.1 Å². The molecule has 2 heterocycles. The number of amides is 2. The van der Waals surface area contributed by atoms with Gasteiger partial charge in [-0.2, -0.15) is 0 Å². The minimum atomic E-state index is -0.600. The number of carbonyl (C=O) groups is 2. The Labute approximate surface area is 185 Å². The van der Waals surface area contributed by atoms with Crippen molar-refractivity contribution in [1.29, 1.82) is 0 Å². The number of nitrogens with zero attached hydrogens (tertiary/aromatic N) is 2. The van der Waals surface area contributed by atoms with E-state index in [1.807, 2.05) is 54.6 Å². The van der Waals surface area contributed by atoms with Gasteiger partial charge in [0.05, 0.1) is 22.3 Å². The number of hydrogen-bond donors (Lipinski definition) is 2. The molecule has 0 aliphatic heterocycles. The number of anilines is 1. The first kappa shape index (κ1) is 20.8. The lowest BCUT2D eigenvalue weighted by Gasteiger charge is -2.11. The Bertz CT molecular complexity index is 1350. The fourth-order valence-corrected chi connectivity index (χ4v) is 5.04. The van der Waals surface area contributed by atoms with Crippen molar-refractivity contribution in [3.8, 4) is 0 Å². The van der Waals surface area contributed by atoms with Gasteiger partial charge in [-0.3, -0.25) is 19.0 Å². The molecule has 7 nitrogen and oxygen atoms in total. The van der Waals surface area contributed by atoms with Crippen LogP contribution in [0.15, 0.2) is 75.5 Å². The van der Waals surface area contributed by atoms with Gasteiger partial charge in [0, 0.05) is 9.79 Å². The Morgan fingerprint density at radius 1 is 1.13 bits per heavy atom. The SMILES string of the molecule is Cc1c(C(N)=O)sc2ncn(CC(=O)Nc3ccccc3Sc3ccccc3)c(=O)c12. The Morgan fingerprint density at radius 2 is 1.84 bits per heavy atom. The molecule has 156 valence electrons. The highest BCUT2D eigenvalue weighted by Crippen LogP contribution is 2.33. The number of thiophene rings is 1. The molecule has 2 aromatic carbocycles. The molecule has 9 heteroatoms. The Hall–Kier alpha value is -3.43. The smallest absolute Gasteiger partial charge is 0.262 e. The molecule has 2 amide bonds. The van der Waals surface area contributed by atoms with Crippen LogP contribution in [0, 0.1) is 6.92 Å². The van der Waals surface area contributed by atoms with E-state index in [1.54, 1.807) is 6.92 Å². The van der Waals surface area contributed by atoms with E-state index in [0.717, 1.165) is 21.1 Å². The first-order chi connectivity index (χ1) is 14.9. The van der Waals surface area contributed by atoms with Gasteiger partial charge in [-0.15, -0.1) is 11.3 Å². The van der Waals surface area contributed by atoms with Crippen LogP contribution in [0.4, 0.5) is 5.69 Å². The first-order valence-electron chi connectivity index (χ1n) is 9.34. The summed E-state index contributed by atoms with van der Waals surface area (Å²) in [6.07, 6.45) is 1.32. The number of aromatic nitrogens is 2. The van der Waals surface area contributed by atoms with Gasteiger partial charge in [0.1, 0.15) is 11.4 Å². The molecule has 0 saturated heterocycles. The predicted octanol–water partition coefficient (Wildman–Crippen LogP) is 3.66. The van der Waals surface area contributed by atoms with Gasteiger partial charge in [0.15, 0.2) is 0 Å². The monoisotopic (exact) mass is 450 g/mol. The second-order valence-electron chi connectivity index (χ2n) is 6.74. The molecule has 0 aliphatic rings. The first-order valence-corrected chi connectivity index (χ1v) is 11.0. The number of nitrogens with two attached hydrogens (primary N) is 1. The van der Waals surface area contributed by atoms with Gasteiger partial charge in [-0.05, 0) is 36.8 Å². The maximum Gasteiger partial charge on any atom is 0.262 e. The van der Waals surface area contributed by atoms with Crippen LogP contribution < -0.4 is 16.6 Å². The van der Waals surface area contributed by atoms with E-state index in [1.165, 1.54) is 22.7 Å². The van der Waals surface area contributed by atoms with Gasteiger partial charge in [0.2, 0.25) is 5.91 Å². The quantitative estimate of drug-likeness (QED) is 0.466. The normalized spacial score (nSPS) is 10.9. The molecule has 0 unspecified atom stereocenters. The second-order valence-corrected chi connectivity index (χ2v) is 8.85. The third-order valence-corrected chi connectivity index (χ3v) is 6.89. The third-order valence-electron chi connectivity index (χ3n) is 4.59. The molecule has 2 aromatic heterocycles. The van der Waals surface area contributed by atoms with Crippen molar-refractivity contribution in [2.75, 3.05) is 5.32 Å². The zero-order chi connectivity index (χ0) is 22.0. The number of rotatable bonds is 6. The van der Waals surface area contributed by atoms with Crippen LogP contribution >= 0.6 is 23.1 Å². The number of fused-ring (bicyclic) bond motifs is 1. The molecular formula is C22H18N4O3S2. The lowest BCUT2D eigenvalue weighted by atomic mass is 10.2. The number of hydrogen-bond acceptors (Lipinski definition) is 6. The summed E-state index contributed by atoms with van der Waals surface area (Å²) in [4.78, 5) is 44.0. The fourth-order valence-electron chi connectivity index (χ4n) is 3.13. The van der Waals surface area contributed by atoms with Crippen LogP contribution in [0.25, 0.3) is 10.2 Å². The van der Waals surface area contributed by atoms with Crippen molar-refractivity contribution >= 4 is 50.8 Å². The van der Waals surface area contributed by atoms with Crippen molar-refractivity contribution in [3.05, 3.63) is 81.7 Å². The zero-order valence-corrected chi connectivity index (χ0v) is 18.1. The number of nitrogens with one attached hydrogen (secondary N) is 1. The topological polar surface area (TPSA) is 107 Å². The number of para-hydroxylation sites is 1. The van der Waals surface area contributed by atoms with Crippen LogP contribution in [0.1, 0.15) is 15.2 Å². The highest BCUT2D eigenvalue weighted by Gasteiger charge is 2.18. The van der Waals surface area contributed by atoms with Crippen molar-refractivity contribution < 1.29 is 9.59 Å². The largest absolute Gasteiger partial charge is 0.365 e. The molecule has 0 atom stereocenters. The number of primary amides is 1. The maximum absolute atomic E-state index is 12.9. The molecule has 0 spiro atoms. The molecular weight excluding hydrogens is 432 g/mol. The second kappa shape index (κ2) is 8.75. The van der Waals surface area contributed by atoms with E-state index < -0.39 is 5.91 Å². The van der Waals surface area contributed by atoms with E-state index >= 15 is 0 Å². The van der Waals surface area contributed by atoms with Gasteiger partial charge in [0.25, 0.3) is 11.5 Å². The summed E-state index contributed by atoms with van der Waals surface area (Å²) < 4.78 is 1.23. The van der Waals surface area contributed by atoms with Crippen LogP contribution in [0.3, 0.4) is 0 Å². The lowest BCUT2D eigenvalue weighted by molar-refractivity contribution is -0.116. The molecule has 0 radical (unpaired) electrons. The zero-order valence-electron chi connectivity index (χ0n) is 16.5. The molecule has 0 bridgehead atoms. The molecule has 4 rings (SSSR count). The summed E-state index contributed by atoms with van der Waals surface area (Å²) in [7, 11) is 0. The van der Waals surface area contributed by atoms with Gasteiger partial charge < -0.3 is 11.1 Å². The Morgan fingerprint density at radius 3 is 2.58 bits per heavy atom. The minimum absolute atomic E-state index is 0.201. The molecule has 0 saturated carbocycles. The van der Waals surface area contributed by atoms with Crippen molar-refractivity contribution in [1.82, 2.24) is 9.55 Å². The highest BCUT2D eigenvalue weighted by molar-refractivity contribution is 7.99. The molecule has 31 heavy (non-hydrogen) atoms. The Kier molecular flexibility index (Phi) is 5.88. The molecule has 4 aromatic rings. The lowest BCUT2D eigenvalue weighted by Crippen LogP contribution is -2.28. The summed E-state index contributed by atoms with van der Waals surface area (Å²) in [5.41, 5.74) is 6.14. The average Bonchev–Trinajstić information content (AvgIpc) is 3.10. The number of carbonyl (C=O) groups excluding carboxylic acids is 2. The van der Waals surface area contributed by atoms with E-state index in [2.05, 4.69) is 10.3 Å². The van der Waals surface area contributed by atoms with Gasteiger partial charge >= 0.3 is 0 Å². The standard InChI is InChI=1S/C22H18N4O3S2/c1-13-18-21(31-19(13)20(23)28)24-12-26(22(18)29)11-17(27)25-15-9-5-6-10-16(15)30-14-7-3-2-4-8-14/h2-10,12H,11H2,1H3,(H2,23,28)(H,25,27). The van der Waals surface area contributed by atoms with Crippen molar-refractivity contribution in [2.24, 2.45) is 5.73 Å². The van der Waals surface area contributed by atoms with E-state index in [9.17, 15) is 14.4 Å². The summed E-state index contributed by atoms with van der Waals surface area (Å²) >= 11 is 2.61. The van der Waals surface area contributed by atoms with E-state index in [4.69, 9.17) is 5.73 Å². The fraction of sp³-hybridized carbons (Fsp3) is 0.0909. The van der Waals surface area contributed by atoms with Gasteiger partial charge in [-0.25, -0.2) is 4.98 Å². The van der Waals surface area contributed by atoms with Crippen LogP contribution in [-0.4, -0.2) is 21.4 Å². The molecule has 3 N–H and O–H groups in total. The van der Waals surface area contributed by atoms with Crippen molar-refractivity contribution in [2.45, 2.75) is 23.3 Å². The van der Waals surface area contributed by atoms with E-state index in [-0.39, 0.29) is 18.0 Å². The predicted molar refractivity (Wildman–Crippen MR) is 123 cm³/mol. The van der Waals surface area contributed by atoms with E-state index in [0.29, 0.717) is 26.3 Å². The summed E-state index contributed by atoms with van der Waals surface area (Å²) in [6.45, 7) is 1.46. The van der Waals surface area contributed by atoms with Crippen molar-refractivity contribution in [3.63, 3.8) is 0 Å². The minimum Gasteiger partial charge on any atom is -0.365 e. The Balaban J connectivity index is 1.57. The highest BCUT2D eigenvalue weighted by atomic mass is 32.2. The number of benzene rings is 2. The average molecular weight is 451 g/mol. The third kappa shape index (κ3) is 4.37. The number of aryl methyl sites for hydroxylation is 1. The van der Waals surface area contributed by atoms with Crippen LogP contribution in [-0.2, 0) is 11.3 Å².